The predicted molar refractivity (Wildman–Crippen MR) is 118 cm³/mol. The third kappa shape index (κ3) is 6.90. The number of piperidine rings is 1. The van der Waals surface area contributed by atoms with Crippen LogP contribution in [0.2, 0.25) is 0 Å². The summed E-state index contributed by atoms with van der Waals surface area (Å²) in [6, 6.07) is 5.88. The van der Waals surface area contributed by atoms with E-state index in [1.54, 1.807) is 6.07 Å². The van der Waals surface area contributed by atoms with Crippen LogP contribution in [-0.2, 0) is 11.0 Å². The molecule has 0 bridgehead atoms. The van der Waals surface area contributed by atoms with E-state index >= 15 is 0 Å². The first-order chi connectivity index (χ1) is 13.4. The fraction of sp³-hybridized carbons (Fsp3) is 0.650. The Labute approximate surface area is 188 Å². The average Bonchev–Trinajstić information content (AvgIpc) is 2.71. The van der Waals surface area contributed by atoms with E-state index in [9.17, 15) is 18.0 Å². The van der Waals surface area contributed by atoms with Crippen LogP contribution < -0.4 is 10.6 Å². The number of benzene rings is 1. The summed E-state index contributed by atoms with van der Waals surface area (Å²) in [4.78, 5) is 18.6. The Kier molecular flexibility index (Phi) is 10.7. The van der Waals surface area contributed by atoms with Crippen LogP contribution in [-0.4, -0.2) is 67.6 Å². The lowest BCUT2D eigenvalue weighted by atomic mass is 10.0. The first kappa shape index (κ1) is 26.8. The van der Waals surface area contributed by atoms with Crippen molar-refractivity contribution in [2.24, 2.45) is 5.73 Å². The zero-order chi connectivity index (χ0) is 20.1. The molecule has 1 atom stereocenters. The van der Waals surface area contributed by atoms with Gasteiger partial charge in [-0.1, -0.05) is 6.07 Å². The highest BCUT2D eigenvalue weighted by molar-refractivity contribution is 5.85. The lowest BCUT2D eigenvalue weighted by Gasteiger charge is -2.44. The molecule has 2 heterocycles. The molecule has 0 saturated carbocycles. The molecule has 2 saturated heterocycles. The van der Waals surface area contributed by atoms with Crippen molar-refractivity contribution >= 4 is 36.4 Å². The first-order valence-electron chi connectivity index (χ1n) is 10.0. The van der Waals surface area contributed by atoms with E-state index in [1.807, 2.05) is 9.80 Å². The minimum Gasteiger partial charge on any atom is -0.369 e. The van der Waals surface area contributed by atoms with Gasteiger partial charge in [0.15, 0.2) is 0 Å². The van der Waals surface area contributed by atoms with E-state index in [1.165, 1.54) is 12.1 Å². The molecule has 3 rings (SSSR count). The zero-order valence-corrected chi connectivity index (χ0v) is 18.6. The molecule has 30 heavy (non-hydrogen) atoms. The first-order valence-corrected chi connectivity index (χ1v) is 10.0. The van der Waals surface area contributed by atoms with Gasteiger partial charge in [-0.3, -0.25) is 9.69 Å². The van der Waals surface area contributed by atoms with Crippen molar-refractivity contribution in [2.75, 3.05) is 50.7 Å². The highest BCUT2D eigenvalue weighted by Crippen LogP contribution is 2.32. The molecule has 0 radical (unpaired) electrons. The van der Waals surface area contributed by atoms with Gasteiger partial charge in [0.05, 0.1) is 5.56 Å². The van der Waals surface area contributed by atoms with Crippen LogP contribution in [0.5, 0.6) is 0 Å². The molecule has 2 aliphatic heterocycles. The van der Waals surface area contributed by atoms with Crippen LogP contribution in [0.3, 0.4) is 0 Å². The third-order valence-corrected chi connectivity index (χ3v) is 5.71. The monoisotopic (exact) mass is 470 g/mol. The zero-order valence-electron chi connectivity index (χ0n) is 16.9. The molecular weight excluding hydrogens is 440 g/mol. The van der Waals surface area contributed by atoms with Crippen molar-refractivity contribution < 1.29 is 18.0 Å². The summed E-state index contributed by atoms with van der Waals surface area (Å²) in [5.41, 5.74) is 5.52. The Bertz CT molecular complexity index is 670. The minimum atomic E-state index is -4.32. The van der Waals surface area contributed by atoms with E-state index in [0.29, 0.717) is 37.8 Å². The maximum absolute atomic E-state index is 13.0. The average molecular weight is 471 g/mol. The molecule has 0 spiro atoms. The summed E-state index contributed by atoms with van der Waals surface area (Å²) in [6.07, 6.45) is -1.04. The third-order valence-electron chi connectivity index (χ3n) is 5.71. The highest BCUT2D eigenvalue weighted by Gasteiger charge is 2.32. The molecule has 1 unspecified atom stereocenters. The van der Waals surface area contributed by atoms with Crippen molar-refractivity contribution in [3.63, 3.8) is 0 Å². The molecule has 172 valence electrons. The Morgan fingerprint density at radius 3 is 2.43 bits per heavy atom. The fourth-order valence-electron chi connectivity index (χ4n) is 4.11. The second-order valence-corrected chi connectivity index (χ2v) is 7.60. The number of hydrogen-bond donors (Lipinski definition) is 1. The summed E-state index contributed by atoms with van der Waals surface area (Å²) in [5, 5.41) is 0. The maximum Gasteiger partial charge on any atom is 0.416 e. The van der Waals surface area contributed by atoms with Crippen LogP contribution >= 0.6 is 24.8 Å². The minimum absolute atomic E-state index is 0. The predicted octanol–water partition coefficient (Wildman–Crippen LogP) is 3.40. The Morgan fingerprint density at radius 1 is 1.10 bits per heavy atom. The molecule has 1 amide bonds. The number of carbonyl (C=O) groups is 1. The van der Waals surface area contributed by atoms with Crippen LogP contribution in [0.25, 0.3) is 0 Å². The van der Waals surface area contributed by atoms with Gasteiger partial charge >= 0.3 is 6.18 Å². The number of halogens is 5. The number of likely N-dealkylation sites (tertiary alicyclic amines) is 1. The van der Waals surface area contributed by atoms with E-state index in [4.69, 9.17) is 5.73 Å². The van der Waals surface area contributed by atoms with Gasteiger partial charge < -0.3 is 15.5 Å². The number of rotatable bonds is 5. The number of nitrogens with two attached hydrogens (primary N) is 1. The van der Waals surface area contributed by atoms with Gasteiger partial charge in [0.25, 0.3) is 0 Å². The van der Waals surface area contributed by atoms with E-state index in [-0.39, 0.29) is 30.7 Å². The Hall–Kier alpha value is -1.22. The Morgan fingerprint density at radius 2 is 1.80 bits per heavy atom. The van der Waals surface area contributed by atoms with Crippen LogP contribution in [0, 0.1) is 0 Å². The number of hydrogen-bond acceptors (Lipinski definition) is 4. The van der Waals surface area contributed by atoms with E-state index in [2.05, 4.69) is 4.90 Å². The van der Waals surface area contributed by atoms with Crippen molar-refractivity contribution in [1.82, 2.24) is 9.80 Å². The van der Waals surface area contributed by atoms with Gasteiger partial charge in [-0.2, -0.15) is 13.2 Å². The summed E-state index contributed by atoms with van der Waals surface area (Å²) >= 11 is 0. The van der Waals surface area contributed by atoms with Gasteiger partial charge in [0.2, 0.25) is 5.91 Å². The number of carbonyl (C=O) groups excluding carboxylic acids is 1. The molecule has 0 aromatic heterocycles. The fourth-order valence-corrected chi connectivity index (χ4v) is 4.11. The quantitative estimate of drug-likeness (QED) is 0.716. The summed E-state index contributed by atoms with van der Waals surface area (Å²) in [6.45, 7) is 5.06. The number of piperazine rings is 1. The van der Waals surface area contributed by atoms with Gasteiger partial charge in [-0.25, -0.2) is 0 Å². The second-order valence-electron chi connectivity index (χ2n) is 7.60. The van der Waals surface area contributed by atoms with Crippen LogP contribution in [0.1, 0.15) is 31.2 Å². The number of amides is 1. The topological polar surface area (TPSA) is 52.8 Å². The second kappa shape index (κ2) is 12.0. The molecule has 10 heteroatoms. The molecule has 2 aliphatic rings. The summed E-state index contributed by atoms with van der Waals surface area (Å²) in [5.74, 6) is 0.178. The van der Waals surface area contributed by atoms with Crippen molar-refractivity contribution in [3.05, 3.63) is 29.8 Å². The lowest BCUT2D eigenvalue weighted by Crippen LogP contribution is -2.55. The van der Waals surface area contributed by atoms with Crippen LogP contribution in [0.15, 0.2) is 24.3 Å². The molecule has 2 N–H and O–H groups in total. The van der Waals surface area contributed by atoms with E-state index < -0.39 is 11.7 Å². The summed E-state index contributed by atoms with van der Waals surface area (Å²) < 4.78 is 38.9. The van der Waals surface area contributed by atoms with Gasteiger partial charge in [-0.15, -0.1) is 24.8 Å². The van der Waals surface area contributed by atoms with Gasteiger partial charge in [0.1, 0.15) is 0 Å². The van der Waals surface area contributed by atoms with Crippen LogP contribution in [0.4, 0.5) is 18.9 Å². The van der Waals surface area contributed by atoms with E-state index in [0.717, 1.165) is 51.5 Å². The maximum atomic E-state index is 13.0. The SMILES string of the molecule is Cl.Cl.NCCCC(=O)N1CCCC(N2CCN(c3cccc(C(F)(F)F)c3)CC2)C1. The molecule has 2 fully saturated rings. The van der Waals surface area contributed by atoms with Crippen molar-refractivity contribution in [1.29, 1.82) is 0 Å². The van der Waals surface area contributed by atoms with Crippen molar-refractivity contribution in [2.45, 2.75) is 37.9 Å². The Balaban J connectivity index is 0.00000225. The van der Waals surface area contributed by atoms with Gasteiger partial charge in [0, 0.05) is 57.4 Å². The smallest absolute Gasteiger partial charge is 0.369 e. The number of nitrogens with zero attached hydrogens (tertiary/aromatic N) is 3. The number of anilines is 1. The largest absolute Gasteiger partial charge is 0.416 e. The lowest BCUT2D eigenvalue weighted by molar-refractivity contribution is -0.137. The number of alkyl halides is 3. The molecule has 0 aliphatic carbocycles. The molecule has 1 aromatic carbocycles. The van der Waals surface area contributed by atoms with Gasteiger partial charge in [-0.05, 0) is 44.0 Å². The molecule has 1 aromatic rings. The highest BCUT2D eigenvalue weighted by atomic mass is 35.5. The normalized spacial score (nSPS) is 20.3. The molecule has 5 nitrogen and oxygen atoms in total. The standard InChI is InChI=1S/C20H29F3N4O.2ClH/c21-20(22,23)16-4-1-5-17(14-16)25-10-12-26(13-11-25)18-6-3-9-27(15-18)19(28)7-2-8-24;;/h1,4-5,14,18H,2-3,6-13,15,24H2;2*1H. The summed E-state index contributed by atoms with van der Waals surface area (Å²) in [7, 11) is 0. The molecular formula is C20H31Cl2F3N4O. The van der Waals surface area contributed by atoms with Crippen molar-refractivity contribution in [3.8, 4) is 0 Å².